The van der Waals surface area contributed by atoms with Crippen molar-refractivity contribution >= 4 is 5.82 Å². The molecule has 0 aliphatic carbocycles. The van der Waals surface area contributed by atoms with Crippen LogP contribution >= 0.6 is 0 Å². The van der Waals surface area contributed by atoms with E-state index in [-0.39, 0.29) is 5.82 Å². The maximum atomic E-state index is 11.7. The van der Waals surface area contributed by atoms with Crippen molar-refractivity contribution in [2.45, 2.75) is 24.0 Å². The van der Waals surface area contributed by atoms with Crippen molar-refractivity contribution in [2.24, 2.45) is 0 Å². The van der Waals surface area contributed by atoms with Gasteiger partial charge in [-0.15, -0.1) is 6.42 Å². The van der Waals surface area contributed by atoms with Crippen LogP contribution in [0.25, 0.3) is 0 Å². The van der Waals surface area contributed by atoms with Crippen molar-refractivity contribution in [2.75, 3.05) is 12.3 Å². The zero-order chi connectivity index (χ0) is 14.2. The average Bonchev–Trinajstić information content (AvgIpc) is 2.63. The molecule has 8 heteroatoms. The smallest absolute Gasteiger partial charge is 0.351 e. The second kappa shape index (κ2) is 4.64. The maximum Gasteiger partial charge on any atom is 0.351 e. The number of anilines is 1. The monoisotopic (exact) mass is 267 g/mol. The molecule has 1 unspecified atom stereocenters. The zero-order valence-corrected chi connectivity index (χ0v) is 9.80. The van der Waals surface area contributed by atoms with Gasteiger partial charge >= 0.3 is 5.69 Å². The number of aliphatic hydroxyl groups excluding tert-OH is 2. The first kappa shape index (κ1) is 13.5. The highest BCUT2D eigenvalue weighted by atomic mass is 16.6. The van der Waals surface area contributed by atoms with Crippen molar-refractivity contribution in [3.8, 4) is 12.3 Å². The van der Waals surface area contributed by atoms with Gasteiger partial charge in [0.15, 0.2) is 11.8 Å². The second-order valence-electron chi connectivity index (χ2n) is 4.15. The molecule has 0 aromatic carbocycles. The molecule has 0 bridgehead atoms. The van der Waals surface area contributed by atoms with E-state index in [4.69, 9.17) is 22.0 Å². The number of ether oxygens (including phenoxy) is 1. The van der Waals surface area contributed by atoms with Gasteiger partial charge in [-0.05, 0) is 6.07 Å². The van der Waals surface area contributed by atoms with E-state index in [1.165, 1.54) is 12.3 Å². The summed E-state index contributed by atoms with van der Waals surface area (Å²) in [7, 11) is 0. The third-order valence-electron chi connectivity index (χ3n) is 3.04. The highest BCUT2D eigenvalue weighted by molar-refractivity contribution is 5.24. The van der Waals surface area contributed by atoms with Crippen LogP contribution in [0.15, 0.2) is 17.1 Å². The molecule has 0 saturated carbocycles. The Hall–Kier alpha value is -1.92. The van der Waals surface area contributed by atoms with Gasteiger partial charge in [0.05, 0.1) is 6.61 Å². The van der Waals surface area contributed by atoms with E-state index in [1.54, 1.807) is 0 Å². The summed E-state index contributed by atoms with van der Waals surface area (Å²) >= 11 is 0. The summed E-state index contributed by atoms with van der Waals surface area (Å²) in [5.41, 5.74) is 2.50. The number of terminal acetylenes is 1. The predicted molar refractivity (Wildman–Crippen MR) is 63.7 cm³/mol. The summed E-state index contributed by atoms with van der Waals surface area (Å²) in [5.74, 6) is 2.00. The Morgan fingerprint density at radius 3 is 2.84 bits per heavy atom. The minimum absolute atomic E-state index is 0.0136. The van der Waals surface area contributed by atoms with Crippen molar-refractivity contribution in [3.63, 3.8) is 0 Å². The van der Waals surface area contributed by atoms with Crippen LogP contribution in [0.2, 0.25) is 0 Å². The van der Waals surface area contributed by atoms with Crippen LogP contribution in [-0.4, -0.2) is 49.3 Å². The minimum Gasteiger partial charge on any atom is -0.394 e. The number of aromatic nitrogens is 2. The SMILES string of the molecule is C#C[C@]1(O)C(O)[C@H](n2ccc(N)nc2=O)O[C@@H]1CO. The summed E-state index contributed by atoms with van der Waals surface area (Å²) in [6, 6.07) is 1.33. The van der Waals surface area contributed by atoms with Crippen molar-refractivity contribution in [1.29, 1.82) is 0 Å². The van der Waals surface area contributed by atoms with Crippen LogP contribution in [-0.2, 0) is 4.74 Å². The molecule has 0 amide bonds. The van der Waals surface area contributed by atoms with Gasteiger partial charge in [-0.2, -0.15) is 4.98 Å². The lowest BCUT2D eigenvalue weighted by molar-refractivity contribution is -0.0624. The lowest BCUT2D eigenvalue weighted by atomic mass is 9.93. The number of nitrogens with two attached hydrogens (primary N) is 1. The normalized spacial score (nSPS) is 34.1. The molecule has 1 aromatic heterocycles. The standard InChI is InChI=1S/C11H13N3O5/c1-2-11(18)6(5-15)19-9(8(11)16)14-4-3-7(12)13-10(14)17/h1,3-4,6,8-9,15-16,18H,5H2,(H2,12,13,17)/t6-,8?,9-,11-/m1/s1. The fourth-order valence-corrected chi connectivity index (χ4v) is 1.95. The first-order chi connectivity index (χ1) is 8.93. The maximum absolute atomic E-state index is 11.7. The van der Waals surface area contributed by atoms with Gasteiger partial charge in [0.2, 0.25) is 0 Å². The molecule has 1 saturated heterocycles. The lowest BCUT2D eigenvalue weighted by Crippen LogP contribution is -2.48. The fourth-order valence-electron chi connectivity index (χ4n) is 1.95. The third kappa shape index (κ3) is 1.98. The third-order valence-corrected chi connectivity index (χ3v) is 3.04. The molecule has 1 aliphatic heterocycles. The van der Waals surface area contributed by atoms with E-state index in [1.807, 2.05) is 5.92 Å². The second-order valence-corrected chi connectivity index (χ2v) is 4.15. The molecule has 19 heavy (non-hydrogen) atoms. The molecule has 2 rings (SSSR count). The number of nitrogens with zero attached hydrogens (tertiary/aromatic N) is 2. The Morgan fingerprint density at radius 1 is 1.68 bits per heavy atom. The highest BCUT2D eigenvalue weighted by Gasteiger charge is 2.55. The lowest BCUT2D eigenvalue weighted by Gasteiger charge is -2.23. The molecule has 1 aliphatic rings. The Labute approximate surface area is 108 Å². The van der Waals surface area contributed by atoms with Gasteiger partial charge in [0, 0.05) is 6.20 Å². The molecule has 0 radical (unpaired) electrons. The van der Waals surface area contributed by atoms with Crippen molar-refractivity contribution in [3.05, 3.63) is 22.7 Å². The molecule has 5 N–H and O–H groups in total. The molecule has 8 nitrogen and oxygen atoms in total. The number of rotatable bonds is 2. The van der Waals surface area contributed by atoms with E-state index in [0.29, 0.717) is 0 Å². The van der Waals surface area contributed by atoms with Crippen LogP contribution in [0.5, 0.6) is 0 Å². The molecule has 0 spiro atoms. The van der Waals surface area contributed by atoms with Gasteiger partial charge < -0.3 is 25.8 Å². The molecule has 1 aromatic rings. The van der Waals surface area contributed by atoms with Gasteiger partial charge in [0.25, 0.3) is 0 Å². The van der Waals surface area contributed by atoms with Gasteiger partial charge in [-0.3, -0.25) is 4.57 Å². The quantitative estimate of drug-likeness (QED) is 0.433. The van der Waals surface area contributed by atoms with Crippen LogP contribution < -0.4 is 11.4 Å². The van der Waals surface area contributed by atoms with Crippen LogP contribution in [0, 0.1) is 12.3 Å². The van der Waals surface area contributed by atoms with E-state index in [0.717, 1.165) is 4.57 Å². The summed E-state index contributed by atoms with van der Waals surface area (Å²) in [6.07, 6.45) is 2.37. The summed E-state index contributed by atoms with van der Waals surface area (Å²) < 4.78 is 6.17. The van der Waals surface area contributed by atoms with Gasteiger partial charge in [-0.1, -0.05) is 5.92 Å². The summed E-state index contributed by atoms with van der Waals surface area (Å²) in [6.45, 7) is -0.606. The highest BCUT2D eigenvalue weighted by Crippen LogP contribution is 2.35. The summed E-state index contributed by atoms with van der Waals surface area (Å²) in [4.78, 5) is 15.1. The van der Waals surface area contributed by atoms with E-state index >= 15 is 0 Å². The average molecular weight is 267 g/mol. The topological polar surface area (TPSA) is 131 Å². The Bertz CT molecular complexity index is 580. The molecular formula is C11H13N3O5. The van der Waals surface area contributed by atoms with Gasteiger partial charge in [-0.25, -0.2) is 4.79 Å². The summed E-state index contributed by atoms with van der Waals surface area (Å²) in [5, 5.41) is 29.2. The van der Waals surface area contributed by atoms with E-state index in [2.05, 4.69) is 4.98 Å². The molecule has 4 atom stereocenters. The number of aliphatic hydroxyl groups is 3. The molecule has 102 valence electrons. The predicted octanol–water partition coefficient (Wildman–Crippen LogP) is -2.56. The minimum atomic E-state index is -2.08. The number of hydrogen-bond donors (Lipinski definition) is 4. The fraction of sp³-hybridized carbons (Fsp3) is 0.455. The largest absolute Gasteiger partial charge is 0.394 e. The van der Waals surface area contributed by atoms with Crippen LogP contribution in [0.3, 0.4) is 0 Å². The van der Waals surface area contributed by atoms with Gasteiger partial charge in [0.1, 0.15) is 18.0 Å². The van der Waals surface area contributed by atoms with Crippen molar-refractivity contribution < 1.29 is 20.1 Å². The number of nitrogen functional groups attached to an aromatic ring is 1. The van der Waals surface area contributed by atoms with E-state index < -0.39 is 36.3 Å². The first-order valence-corrected chi connectivity index (χ1v) is 5.43. The Morgan fingerprint density at radius 2 is 2.37 bits per heavy atom. The molecular weight excluding hydrogens is 254 g/mol. The molecule has 2 heterocycles. The Balaban J connectivity index is 2.43. The zero-order valence-electron chi connectivity index (χ0n) is 9.80. The van der Waals surface area contributed by atoms with E-state index in [9.17, 15) is 15.0 Å². The number of hydrogen-bond acceptors (Lipinski definition) is 7. The molecule has 1 fully saturated rings. The van der Waals surface area contributed by atoms with Crippen molar-refractivity contribution in [1.82, 2.24) is 9.55 Å². The van der Waals surface area contributed by atoms with Crippen LogP contribution in [0.4, 0.5) is 5.82 Å². The van der Waals surface area contributed by atoms with Crippen LogP contribution in [0.1, 0.15) is 6.23 Å². The first-order valence-electron chi connectivity index (χ1n) is 5.43. The Kier molecular flexibility index (Phi) is 3.30.